The van der Waals surface area contributed by atoms with Crippen LogP contribution in [-0.2, 0) is 73.2 Å². The quantitative estimate of drug-likeness (QED) is 0.0557. The monoisotopic (exact) mass is 1200 g/mol. The maximum atomic E-state index is 11.9. The van der Waals surface area contributed by atoms with Crippen molar-refractivity contribution in [2.24, 2.45) is 0 Å². The lowest BCUT2D eigenvalue weighted by atomic mass is 10.1. The SMILES string of the molecule is Cc1ccc(S(=O)(=O)CC(=O)O)cc1.Cc1ccc(S(=O)(=O)CCC(=O)O)cc1C.Cc1ccc2cc(S(=O)(=O)CC(=O)O)ccc2c1.O=C(O)CCS(=O)(=O)c1ccc2ccccc2c1.O=C(O)CCS(=O)(=O)c1ccccc1. The second-order valence-corrected chi connectivity index (χ2v) is 27.9. The van der Waals surface area contributed by atoms with Crippen molar-refractivity contribution in [1.29, 1.82) is 0 Å². The maximum Gasteiger partial charge on any atom is 0.319 e. The van der Waals surface area contributed by atoms with E-state index >= 15 is 0 Å². The van der Waals surface area contributed by atoms with E-state index in [4.69, 9.17) is 25.5 Å². The number of carboxylic acid groups (broad SMARTS) is 5. The van der Waals surface area contributed by atoms with Gasteiger partial charge in [-0.2, -0.15) is 0 Å². The molecule has 0 saturated carbocycles. The van der Waals surface area contributed by atoms with Crippen molar-refractivity contribution in [3.63, 3.8) is 0 Å². The molecule has 0 aromatic heterocycles. The molecule has 428 valence electrons. The predicted octanol–water partition coefficient (Wildman–Crippen LogP) is 7.43. The van der Waals surface area contributed by atoms with Crippen LogP contribution in [0.3, 0.4) is 0 Å². The number of benzene rings is 7. The molecule has 7 aromatic carbocycles. The van der Waals surface area contributed by atoms with Crippen molar-refractivity contribution in [3.8, 4) is 0 Å². The van der Waals surface area contributed by atoms with Gasteiger partial charge in [-0.15, -0.1) is 0 Å². The van der Waals surface area contributed by atoms with Gasteiger partial charge in [-0.25, -0.2) is 42.1 Å². The number of hydrogen-bond acceptors (Lipinski definition) is 15. The molecule has 0 atom stereocenters. The summed E-state index contributed by atoms with van der Waals surface area (Å²) in [5.41, 5.74) is 3.91. The third-order valence-electron chi connectivity index (χ3n) is 11.1. The minimum atomic E-state index is -3.76. The molecular formula is C55H58O20S5. The molecule has 80 heavy (non-hydrogen) atoms. The van der Waals surface area contributed by atoms with Gasteiger partial charge in [-0.3, -0.25) is 24.0 Å². The zero-order valence-electron chi connectivity index (χ0n) is 43.5. The van der Waals surface area contributed by atoms with E-state index in [1.165, 1.54) is 48.5 Å². The van der Waals surface area contributed by atoms with Crippen molar-refractivity contribution in [2.75, 3.05) is 28.8 Å². The molecule has 0 heterocycles. The molecule has 20 nitrogen and oxygen atoms in total. The van der Waals surface area contributed by atoms with Gasteiger partial charge in [0, 0.05) is 0 Å². The van der Waals surface area contributed by atoms with E-state index in [2.05, 4.69) is 0 Å². The van der Waals surface area contributed by atoms with Gasteiger partial charge in [0.1, 0.15) is 0 Å². The Kier molecular flexibility index (Phi) is 24.4. The summed E-state index contributed by atoms with van der Waals surface area (Å²) in [5.74, 6) is -8.85. The highest BCUT2D eigenvalue weighted by Gasteiger charge is 2.21. The van der Waals surface area contributed by atoms with E-state index in [-0.39, 0.29) is 61.0 Å². The number of aliphatic carboxylic acids is 5. The molecule has 0 aliphatic heterocycles. The lowest BCUT2D eigenvalue weighted by Crippen LogP contribution is -2.15. The fourth-order valence-corrected chi connectivity index (χ4v) is 12.6. The lowest BCUT2D eigenvalue weighted by Gasteiger charge is -2.05. The van der Waals surface area contributed by atoms with E-state index in [1.54, 1.807) is 60.7 Å². The third-order valence-corrected chi connectivity index (χ3v) is 19.5. The smallest absolute Gasteiger partial charge is 0.319 e. The van der Waals surface area contributed by atoms with Crippen molar-refractivity contribution >= 4 is 101 Å². The van der Waals surface area contributed by atoms with E-state index < -0.39 is 90.5 Å². The summed E-state index contributed by atoms with van der Waals surface area (Å²) in [4.78, 5) is 52.4. The first-order valence-electron chi connectivity index (χ1n) is 23.5. The summed E-state index contributed by atoms with van der Waals surface area (Å²) >= 11 is 0. The molecule has 5 N–H and O–H groups in total. The van der Waals surface area contributed by atoms with Crippen LogP contribution in [0.25, 0.3) is 21.5 Å². The van der Waals surface area contributed by atoms with Gasteiger partial charge < -0.3 is 25.5 Å². The highest BCUT2D eigenvalue weighted by molar-refractivity contribution is 7.93. The van der Waals surface area contributed by atoms with Crippen LogP contribution >= 0.6 is 0 Å². The van der Waals surface area contributed by atoms with Crippen LogP contribution in [0.4, 0.5) is 0 Å². The van der Waals surface area contributed by atoms with Crippen LogP contribution in [-0.4, -0.2) is 126 Å². The van der Waals surface area contributed by atoms with Gasteiger partial charge in [0.15, 0.2) is 60.7 Å². The second-order valence-electron chi connectivity index (χ2n) is 17.6. The Balaban J connectivity index is 0.000000264. The number of carbonyl (C=O) groups is 5. The van der Waals surface area contributed by atoms with Crippen molar-refractivity contribution in [2.45, 2.75) is 71.4 Å². The molecule has 0 unspecified atom stereocenters. The van der Waals surface area contributed by atoms with Crippen molar-refractivity contribution in [1.82, 2.24) is 0 Å². The average Bonchev–Trinajstić information content (AvgIpc) is 3.38. The molecule has 0 amide bonds. The predicted molar refractivity (Wildman–Crippen MR) is 298 cm³/mol. The van der Waals surface area contributed by atoms with Gasteiger partial charge in [0.05, 0.1) is 61.0 Å². The van der Waals surface area contributed by atoms with Crippen LogP contribution in [0.15, 0.2) is 176 Å². The topological polar surface area (TPSA) is 357 Å². The number of fused-ring (bicyclic) bond motifs is 2. The normalized spacial score (nSPS) is 11.4. The minimum absolute atomic E-state index is 0.0428. The first-order valence-corrected chi connectivity index (χ1v) is 31.8. The summed E-state index contributed by atoms with van der Waals surface area (Å²) in [6.07, 6.45) is -1.11. The number of sulfone groups is 5. The molecule has 0 spiro atoms. The average molecular weight is 1200 g/mol. The molecule has 0 saturated heterocycles. The highest BCUT2D eigenvalue weighted by Crippen LogP contribution is 2.23. The fourth-order valence-electron chi connectivity index (χ4n) is 6.69. The van der Waals surface area contributed by atoms with Gasteiger partial charge in [-0.05, 0) is 121 Å². The number of carboxylic acids is 5. The highest BCUT2D eigenvalue weighted by atomic mass is 32.2. The van der Waals surface area contributed by atoms with E-state index in [9.17, 15) is 66.1 Å². The van der Waals surface area contributed by atoms with Gasteiger partial charge >= 0.3 is 29.8 Å². The Morgan fingerprint density at radius 3 is 1.09 bits per heavy atom. The number of hydrogen-bond donors (Lipinski definition) is 5. The summed E-state index contributed by atoms with van der Waals surface area (Å²) < 4.78 is 117. The Labute approximate surface area is 463 Å². The van der Waals surface area contributed by atoms with E-state index in [0.29, 0.717) is 0 Å². The molecule has 0 bridgehead atoms. The summed E-state index contributed by atoms with van der Waals surface area (Å²) in [7, 11) is -17.9. The number of aryl methyl sites for hydroxylation is 4. The van der Waals surface area contributed by atoms with Crippen LogP contribution in [0.1, 0.15) is 41.5 Å². The number of rotatable bonds is 18. The van der Waals surface area contributed by atoms with Crippen molar-refractivity contribution in [3.05, 3.63) is 174 Å². The maximum absolute atomic E-state index is 11.9. The molecule has 0 aliphatic carbocycles. The summed E-state index contributed by atoms with van der Waals surface area (Å²) in [5, 5.41) is 45.8. The summed E-state index contributed by atoms with van der Waals surface area (Å²) in [6.45, 7) is 7.50. The minimum Gasteiger partial charge on any atom is -0.481 e. The Morgan fingerprint density at radius 2 is 0.625 bits per heavy atom. The molecule has 7 aromatic rings. The van der Waals surface area contributed by atoms with E-state index in [0.717, 1.165) is 43.8 Å². The Morgan fingerprint density at radius 1 is 0.300 bits per heavy atom. The fraction of sp³-hybridized carbons (Fsp3) is 0.218. The first kappa shape index (κ1) is 66.4. The molecule has 0 fully saturated rings. The zero-order valence-corrected chi connectivity index (χ0v) is 47.6. The van der Waals surface area contributed by atoms with Crippen LogP contribution in [0.5, 0.6) is 0 Å². The third kappa shape index (κ3) is 22.1. The zero-order chi connectivity index (χ0) is 60.2. The van der Waals surface area contributed by atoms with Gasteiger partial charge in [0.25, 0.3) is 0 Å². The van der Waals surface area contributed by atoms with Gasteiger partial charge in [-0.1, -0.05) is 102 Å². The molecule has 0 radical (unpaired) electrons. The molecule has 7 rings (SSSR count). The standard InChI is InChI=1S/2C13H12O4S.C11H14O4S.2C9H10O4S/c1-9-2-3-11-7-12(5-4-10(11)6-9)18(16,17)8-13(14)15;14-13(15)7-8-18(16,17)12-6-5-10-3-1-2-4-11(10)9-12;1-8-3-4-10(7-9(8)2)16(14,15)6-5-11(12)13;1-7-2-4-8(5-3-7)14(12,13)6-9(10)11;10-9(11)6-7-14(12,13)8-4-2-1-3-5-8/h2-7H,8H2,1H3,(H,14,15);1-6,9H,7-8H2,(H,14,15);3-4,7H,5-6H2,1-2H3,(H,12,13);2-5H,6H2,1H3,(H,10,11);1-5H,6-7H2,(H,10,11). The van der Waals surface area contributed by atoms with Gasteiger partial charge in [0.2, 0.25) is 0 Å². The van der Waals surface area contributed by atoms with Crippen LogP contribution < -0.4 is 0 Å². The summed E-state index contributed by atoms with van der Waals surface area (Å²) in [6, 6.07) is 41.3. The first-order chi connectivity index (χ1) is 37.1. The Hall–Kier alpha value is -7.84. The molecular weight excluding hydrogens is 1140 g/mol. The van der Waals surface area contributed by atoms with Crippen molar-refractivity contribution < 1.29 is 91.6 Å². The molecule has 0 aliphatic rings. The lowest BCUT2D eigenvalue weighted by molar-refractivity contribution is -0.137. The Bertz CT molecular complexity index is 3940. The van der Waals surface area contributed by atoms with Crippen LogP contribution in [0.2, 0.25) is 0 Å². The second kappa shape index (κ2) is 29.4. The van der Waals surface area contributed by atoms with E-state index in [1.807, 2.05) is 70.2 Å². The van der Waals surface area contributed by atoms with Crippen LogP contribution in [0, 0.1) is 27.7 Å². The molecule has 25 heteroatoms. The largest absolute Gasteiger partial charge is 0.481 e.